The summed E-state index contributed by atoms with van der Waals surface area (Å²) in [5, 5.41) is 5.77. The van der Waals surface area contributed by atoms with Crippen molar-refractivity contribution in [2.45, 2.75) is 32.2 Å². The van der Waals surface area contributed by atoms with Crippen LogP contribution in [0.4, 0.5) is 11.4 Å². The fraction of sp³-hybridized carbons (Fsp3) is 0.261. The van der Waals surface area contributed by atoms with Crippen molar-refractivity contribution in [2.75, 3.05) is 10.6 Å². The maximum atomic E-state index is 12.7. The molecule has 1 heterocycles. The van der Waals surface area contributed by atoms with Gasteiger partial charge in [-0.3, -0.25) is 14.4 Å². The summed E-state index contributed by atoms with van der Waals surface area (Å²) in [7, 11) is 0. The van der Waals surface area contributed by atoms with Crippen molar-refractivity contribution in [3.8, 4) is 0 Å². The van der Waals surface area contributed by atoms with E-state index in [4.69, 9.17) is 0 Å². The lowest BCUT2D eigenvalue weighted by atomic mass is 9.93. The molecular formula is C23H23N3O3. The Hall–Kier alpha value is -3.41. The summed E-state index contributed by atoms with van der Waals surface area (Å²) >= 11 is 0. The van der Waals surface area contributed by atoms with Gasteiger partial charge in [0.05, 0.1) is 12.5 Å². The number of nitrogens with zero attached hydrogens (tertiary/aromatic N) is 1. The van der Waals surface area contributed by atoms with Gasteiger partial charge in [0.2, 0.25) is 17.7 Å². The van der Waals surface area contributed by atoms with Crippen LogP contribution in [0.1, 0.15) is 43.4 Å². The summed E-state index contributed by atoms with van der Waals surface area (Å²) < 4.78 is 0. The van der Waals surface area contributed by atoms with E-state index < -0.39 is 0 Å². The molecule has 6 nitrogen and oxygen atoms in total. The van der Waals surface area contributed by atoms with Gasteiger partial charge in [0.25, 0.3) is 0 Å². The highest BCUT2D eigenvalue weighted by atomic mass is 16.2. The molecule has 2 aromatic carbocycles. The number of hydrogen-bond acceptors (Lipinski definition) is 3. The van der Waals surface area contributed by atoms with Gasteiger partial charge >= 0.3 is 0 Å². The molecule has 0 aromatic heterocycles. The molecule has 1 aliphatic carbocycles. The summed E-state index contributed by atoms with van der Waals surface area (Å²) in [4.78, 5) is 38.4. The fourth-order valence-electron chi connectivity index (χ4n) is 3.57. The molecule has 2 N–H and O–H groups in total. The van der Waals surface area contributed by atoms with Crippen LogP contribution in [0.5, 0.6) is 0 Å². The van der Waals surface area contributed by atoms with Crippen molar-refractivity contribution < 1.29 is 14.4 Å². The predicted octanol–water partition coefficient (Wildman–Crippen LogP) is 3.94. The number of rotatable bonds is 5. The van der Waals surface area contributed by atoms with E-state index >= 15 is 0 Å². The average Bonchev–Trinajstić information content (AvgIpc) is 3.53. The smallest absolute Gasteiger partial charge is 0.227 e. The van der Waals surface area contributed by atoms with E-state index in [9.17, 15) is 14.4 Å². The lowest BCUT2D eigenvalue weighted by Gasteiger charge is -2.32. The molecule has 0 bridgehead atoms. The van der Waals surface area contributed by atoms with Gasteiger partial charge in [0, 0.05) is 30.4 Å². The molecule has 0 spiro atoms. The number of hydrogen-bond donors (Lipinski definition) is 2. The average molecular weight is 389 g/mol. The SMILES string of the molecule is CC(=O)N1C=Cc2ccccc2[C@H]1CC(=O)Nc1cccc(NC(=O)C2CC2)c1. The Morgan fingerprint density at radius 2 is 1.72 bits per heavy atom. The second-order valence-electron chi connectivity index (χ2n) is 7.48. The zero-order valence-corrected chi connectivity index (χ0v) is 16.2. The number of carbonyl (C=O) groups is 3. The number of amides is 3. The minimum Gasteiger partial charge on any atom is -0.326 e. The third-order valence-electron chi connectivity index (χ3n) is 5.21. The van der Waals surface area contributed by atoms with Crippen LogP contribution in [0, 0.1) is 5.92 Å². The number of anilines is 2. The molecule has 148 valence electrons. The van der Waals surface area contributed by atoms with Crippen LogP contribution in [0.3, 0.4) is 0 Å². The Morgan fingerprint density at radius 1 is 1.00 bits per heavy atom. The van der Waals surface area contributed by atoms with Crippen molar-refractivity contribution >= 4 is 35.2 Å². The van der Waals surface area contributed by atoms with E-state index in [1.165, 1.54) is 6.92 Å². The first-order valence-electron chi connectivity index (χ1n) is 9.78. The molecule has 3 amide bonds. The van der Waals surface area contributed by atoms with E-state index in [0.29, 0.717) is 11.4 Å². The van der Waals surface area contributed by atoms with Crippen molar-refractivity contribution in [1.82, 2.24) is 4.90 Å². The lowest BCUT2D eigenvalue weighted by Crippen LogP contribution is -2.33. The van der Waals surface area contributed by atoms with Gasteiger partial charge in [-0.15, -0.1) is 0 Å². The number of carbonyl (C=O) groups excluding carboxylic acids is 3. The lowest BCUT2D eigenvalue weighted by molar-refractivity contribution is -0.129. The van der Waals surface area contributed by atoms with E-state index in [2.05, 4.69) is 10.6 Å². The normalized spacial score (nSPS) is 17.4. The van der Waals surface area contributed by atoms with E-state index in [0.717, 1.165) is 24.0 Å². The molecule has 4 rings (SSSR count). The minimum atomic E-state index is -0.355. The van der Waals surface area contributed by atoms with Gasteiger partial charge in [0.15, 0.2) is 0 Å². The quantitative estimate of drug-likeness (QED) is 0.813. The van der Waals surface area contributed by atoms with Crippen molar-refractivity contribution in [3.63, 3.8) is 0 Å². The first-order valence-corrected chi connectivity index (χ1v) is 9.78. The van der Waals surface area contributed by atoms with Crippen LogP contribution >= 0.6 is 0 Å². The zero-order chi connectivity index (χ0) is 20.4. The molecule has 0 saturated heterocycles. The highest BCUT2D eigenvalue weighted by molar-refractivity contribution is 5.96. The van der Waals surface area contributed by atoms with Gasteiger partial charge in [-0.05, 0) is 48.2 Å². The van der Waals surface area contributed by atoms with Crippen LogP contribution in [-0.2, 0) is 14.4 Å². The molecule has 1 saturated carbocycles. The minimum absolute atomic E-state index is 0.0242. The Bertz CT molecular complexity index is 994. The second kappa shape index (κ2) is 7.91. The van der Waals surface area contributed by atoms with Gasteiger partial charge in [-0.25, -0.2) is 0 Å². The third-order valence-corrected chi connectivity index (χ3v) is 5.21. The standard InChI is InChI=1S/C23H23N3O3/c1-15(27)26-12-11-16-5-2-3-8-20(16)21(26)14-22(28)24-18-6-4-7-19(13-18)25-23(29)17-9-10-17/h2-8,11-13,17,21H,9-10,14H2,1H3,(H,24,28)(H,25,29)/t21-/m1/s1. The van der Waals surface area contributed by atoms with Crippen molar-refractivity contribution in [1.29, 1.82) is 0 Å². The third kappa shape index (κ3) is 4.37. The fourth-order valence-corrected chi connectivity index (χ4v) is 3.57. The van der Waals surface area contributed by atoms with E-state index in [1.807, 2.05) is 30.3 Å². The zero-order valence-electron chi connectivity index (χ0n) is 16.2. The monoisotopic (exact) mass is 389 g/mol. The largest absolute Gasteiger partial charge is 0.326 e. The summed E-state index contributed by atoms with van der Waals surface area (Å²) in [6.07, 6.45) is 5.63. The van der Waals surface area contributed by atoms with Gasteiger partial charge in [-0.2, -0.15) is 0 Å². The highest BCUT2D eigenvalue weighted by Crippen LogP contribution is 2.33. The molecule has 0 radical (unpaired) electrons. The highest BCUT2D eigenvalue weighted by Gasteiger charge is 2.30. The maximum Gasteiger partial charge on any atom is 0.227 e. The Morgan fingerprint density at radius 3 is 2.45 bits per heavy atom. The molecule has 6 heteroatoms. The molecule has 0 unspecified atom stereocenters. The van der Waals surface area contributed by atoms with Crippen LogP contribution in [0.2, 0.25) is 0 Å². The van der Waals surface area contributed by atoms with Crippen LogP contribution < -0.4 is 10.6 Å². The molecule has 1 aliphatic heterocycles. The Kier molecular flexibility index (Phi) is 5.16. The summed E-state index contributed by atoms with van der Waals surface area (Å²) in [6.45, 7) is 1.50. The Labute approximate surface area is 169 Å². The van der Waals surface area contributed by atoms with E-state index in [-0.39, 0.29) is 36.1 Å². The van der Waals surface area contributed by atoms with Crippen LogP contribution in [-0.4, -0.2) is 22.6 Å². The summed E-state index contributed by atoms with van der Waals surface area (Å²) in [6, 6.07) is 14.5. The molecule has 1 atom stereocenters. The first-order chi connectivity index (χ1) is 14.0. The first kappa shape index (κ1) is 18.9. The molecular weight excluding hydrogens is 366 g/mol. The Balaban J connectivity index is 1.46. The van der Waals surface area contributed by atoms with Gasteiger partial charge in [-0.1, -0.05) is 30.3 Å². The van der Waals surface area contributed by atoms with Crippen molar-refractivity contribution in [3.05, 3.63) is 65.9 Å². The number of nitrogens with one attached hydrogen (secondary N) is 2. The molecule has 2 aliphatic rings. The second-order valence-corrected chi connectivity index (χ2v) is 7.48. The van der Waals surface area contributed by atoms with E-state index in [1.54, 1.807) is 35.4 Å². The topological polar surface area (TPSA) is 78.5 Å². The number of fused-ring (bicyclic) bond motifs is 1. The number of benzene rings is 2. The van der Waals surface area contributed by atoms with Gasteiger partial charge < -0.3 is 15.5 Å². The van der Waals surface area contributed by atoms with Crippen LogP contribution in [0.15, 0.2) is 54.7 Å². The van der Waals surface area contributed by atoms with Crippen LogP contribution in [0.25, 0.3) is 6.08 Å². The summed E-state index contributed by atoms with van der Waals surface area (Å²) in [5.41, 5.74) is 3.23. The molecule has 2 aromatic rings. The molecule has 29 heavy (non-hydrogen) atoms. The predicted molar refractivity (Wildman–Crippen MR) is 112 cm³/mol. The maximum absolute atomic E-state index is 12.7. The molecule has 1 fully saturated rings. The van der Waals surface area contributed by atoms with Crippen molar-refractivity contribution in [2.24, 2.45) is 5.92 Å². The van der Waals surface area contributed by atoms with Gasteiger partial charge in [0.1, 0.15) is 0 Å². The summed E-state index contributed by atoms with van der Waals surface area (Å²) in [5.74, 6) is -0.170.